The summed E-state index contributed by atoms with van der Waals surface area (Å²) in [7, 11) is 0. The summed E-state index contributed by atoms with van der Waals surface area (Å²) < 4.78 is 0. The topological polar surface area (TPSA) is 207 Å². The summed E-state index contributed by atoms with van der Waals surface area (Å²) in [6.45, 7) is -0.433. The van der Waals surface area contributed by atoms with Gasteiger partial charge in [-0.3, -0.25) is 0 Å². The summed E-state index contributed by atoms with van der Waals surface area (Å²) >= 11 is 0. The molecule has 0 saturated carbocycles. The van der Waals surface area contributed by atoms with Crippen LogP contribution in [0.15, 0.2) is 158 Å². The Balaban J connectivity index is 1.23. The van der Waals surface area contributed by atoms with Gasteiger partial charge in [-0.1, -0.05) is 60.7 Å². The van der Waals surface area contributed by atoms with Crippen LogP contribution in [0.3, 0.4) is 0 Å². The SMILES string of the molecule is Oc1cc(O)cc(-c2nc(-c3cc(O)cc(O)c3)nc(-c3cc4c5c(c3)N(c3cc(O)cc(O)c3)c3cc6ccccc6cc3B5c3cc5ccccc5cc3N4c3cc(O)cc(O)c3)n2)c1. The molecular weight excluding hydrogens is 845 g/mol. The Morgan fingerprint density at radius 1 is 0.313 bits per heavy atom. The molecule has 0 unspecified atom stereocenters. The smallest absolute Gasteiger partial charge is 0.252 e. The lowest BCUT2D eigenvalue weighted by molar-refractivity contribution is 0.449. The molecule has 0 atom stereocenters. The predicted octanol–water partition coefficient (Wildman–Crippen LogP) is 8.91. The summed E-state index contributed by atoms with van der Waals surface area (Å²) in [5.74, 6) is -1.49. The number of phenolic OH excluding ortho intramolecular Hbond substituents is 8. The van der Waals surface area contributed by atoms with Crippen LogP contribution in [0.2, 0.25) is 0 Å². The first-order valence-corrected chi connectivity index (χ1v) is 21.1. The van der Waals surface area contributed by atoms with E-state index in [0.29, 0.717) is 28.3 Å². The van der Waals surface area contributed by atoms with E-state index in [4.69, 9.17) is 15.0 Å². The normalized spacial score (nSPS) is 12.6. The second-order valence-electron chi connectivity index (χ2n) is 16.7. The van der Waals surface area contributed by atoms with Crippen molar-refractivity contribution in [2.24, 2.45) is 0 Å². The van der Waals surface area contributed by atoms with E-state index in [0.717, 1.165) is 49.3 Å². The Hall–Kier alpha value is -9.43. The van der Waals surface area contributed by atoms with Crippen molar-refractivity contribution in [1.82, 2.24) is 15.0 Å². The molecule has 13 nitrogen and oxygen atoms in total. The highest BCUT2D eigenvalue weighted by Crippen LogP contribution is 2.49. The zero-order valence-corrected chi connectivity index (χ0v) is 34.9. The van der Waals surface area contributed by atoms with Crippen LogP contribution in [0.4, 0.5) is 34.1 Å². The highest BCUT2D eigenvalue weighted by molar-refractivity contribution is 7.00. The van der Waals surface area contributed by atoms with Crippen molar-refractivity contribution in [3.8, 4) is 80.2 Å². The quantitative estimate of drug-likeness (QED) is 0.0761. The largest absolute Gasteiger partial charge is 0.508 e. The molecule has 0 saturated heterocycles. The van der Waals surface area contributed by atoms with Crippen LogP contribution in [0.25, 0.3) is 55.7 Å². The van der Waals surface area contributed by atoms with Gasteiger partial charge in [-0.05, 0) is 86.5 Å². The maximum atomic E-state index is 11.1. The van der Waals surface area contributed by atoms with Crippen molar-refractivity contribution in [1.29, 1.82) is 0 Å². The Morgan fingerprint density at radius 3 is 0.955 bits per heavy atom. The van der Waals surface area contributed by atoms with Gasteiger partial charge in [-0.25, -0.2) is 15.0 Å². The maximum Gasteiger partial charge on any atom is 0.252 e. The molecule has 0 fully saturated rings. The van der Waals surface area contributed by atoms with Gasteiger partial charge < -0.3 is 50.7 Å². The summed E-state index contributed by atoms with van der Waals surface area (Å²) in [5.41, 5.74) is 7.13. The minimum absolute atomic E-state index is 0.0384. The number of hydrogen-bond donors (Lipinski definition) is 8. The van der Waals surface area contributed by atoms with E-state index >= 15 is 0 Å². The van der Waals surface area contributed by atoms with Crippen LogP contribution in [-0.4, -0.2) is 62.5 Å². The van der Waals surface area contributed by atoms with Crippen molar-refractivity contribution in [3.63, 3.8) is 0 Å². The van der Waals surface area contributed by atoms with Crippen molar-refractivity contribution in [2.45, 2.75) is 0 Å². The number of aromatic nitrogens is 3. The standard InChI is InChI=1S/C53H34BN5O8/c60-36-9-31(10-37(61)23-36)51-55-52(32-11-38(62)24-39(63)12-32)57-53(56-51)33-17-48-50-49(18-33)59(35-21-42(66)26-43(67)22-35)47-16-30-8-4-2-6-28(30)14-45(47)54(50)44-13-27-5-1-3-7-29(27)15-46(44)58(48)34-19-40(64)25-41(65)20-34/h1-26,60-67H. The van der Waals surface area contributed by atoms with Gasteiger partial charge in [0.15, 0.2) is 17.5 Å². The first-order valence-electron chi connectivity index (χ1n) is 21.1. The van der Waals surface area contributed by atoms with Gasteiger partial charge in [0.05, 0.1) is 11.4 Å². The molecule has 8 N–H and O–H groups in total. The molecule has 67 heavy (non-hydrogen) atoms. The molecule has 2 aliphatic rings. The van der Waals surface area contributed by atoms with E-state index in [1.807, 2.05) is 58.3 Å². The van der Waals surface area contributed by atoms with Crippen molar-refractivity contribution >= 4 is 78.8 Å². The lowest BCUT2D eigenvalue weighted by atomic mass is 9.33. The van der Waals surface area contributed by atoms with E-state index in [1.54, 1.807) is 24.3 Å². The van der Waals surface area contributed by atoms with Crippen molar-refractivity contribution in [2.75, 3.05) is 9.80 Å². The molecule has 0 amide bonds. The Morgan fingerprint density at radius 2 is 0.612 bits per heavy atom. The van der Waals surface area contributed by atoms with E-state index in [2.05, 4.69) is 36.4 Å². The molecule has 2 aliphatic heterocycles. The molecule has 0 aliphatic carbocycles. The number of hydrogen-bond acceptors (Lipinski definition) is 13. The minimum Gasteiger partial charge on any atom is -0.508 e. The predicted molar refractivity (Wildman–Crippen MR) is 258 cm³/mol. The van der Waals surface area contributed by atoms with Gasteiger partial charge in [0.25, 0.3) is 6.71 Å². The fraction of sp³-hybridized carbons (Fsp3) is 0. The van der Waals surface area contributed by atoms with Crippen LogP contribution < -0.4 is 26.2 Å². The lowest BCUT2D eigenvalue weighted by Crippen LogP contribution is -2.61. The molecule has 9 aromatic carbocycles. The number of rotatable bonds is 5. The summed E-state index contributed by atoms with van der Waals surface area (Å²) in [5, 5.41) is 90.6. The molecule has 10 aromatic rings. The monoisotopic (exact) mass is 879 g/mol. The zero-order valence-electron chi connectivity index (χ0n) is 34.9. The van der Waals surface area contributed by atoms with Crippen LogP contribution in [-0.2, 0) is 0 Å². The summed E-state index contributed by atoms with van der Waals surface area (Å²) in [6, 6.07) is 45.0. The summed E-state index contributed by atoms with van der Waals surface area (Å²) in [4.78, 5) is 18.5. The third kappa shape index (κ3) is 6.54. The molecule has 0 spiro atoms. The molecule has 1 aromatic heterocycles. The number of benzene rings is 9. The van der Waals surface area contributed by atoms with E-state index < -0.39 is 6.71 Å². The third-order valence-corrected chi connectivity index (χ3v) is 12.3. The third-order valence-electron chi connectivity index (χ3n) is 12.3. The van der Waals surface area contributed by atoms with Crippen LogP contribution >= 0.6 is 0 Å². The van der Waals surface area contributed by atoms with Crippen molar-refractivity contribution < 1.29 is 40.9 Å². The second kappa shape index (κ2) is 14.6. The minimum atomic E-state index is -0.433. The molecule has 0 bridgehead atoms. The Kier molecular flexibility index (Phi) is 8.51. The van der Waals surface area contributed by atoms with Gasteiger partial charge in [-0.15, -0.1) is 0 Å². The van der Waals surface area contributed by atoms with Gasteiger partial charge in [0, 0.05) is 88.0 Å². The van der Waals surface area contributed by atoms with Crippen LogP contribution in [0, 0.1) is 0 Å². The first-order chi connectivity index (χ1) is 32.4. The molecule has 322 valence electrons. The second-order valence-corrected chi connectivity index (χ2v) is 16.7. The molecule has 12 rings (SSSR count). The fourth-order valence-corrected chi connectivity index (χ4v) is 9.68. The average molecular weight is 880 g/mol. The van der Waals surface area contributed by atoms with Crippen LogP contribution in [0.5, 0.6) is 46.0 Å². The number of aromatic hydroxyl groups is 8. The van der Waals surface area contributed by atoms with Gasteiger partial charge >= 0.3 is 0 Å². The number of anilines is 6. The van der Waals surface area contributed by atoms with E-state index in [9.17, 15) is 40.9 Å². The number of nitrogens with zero attached hydrogens (tertiary/aromatic N) is 5. The van der Waals surface area contributed by atoms with E-state index in [1.165, 1.54) is 48.5 Å². The Labute approximate surface area is 381 Å². The van der Waals surface area contributed by atoms with Gasteiger partial charge in [0.1, 0.15) is 46.0 Å². The lowest BCUT2D eigenvalue weighted by Gasteiger charge is -2.44. The highest BCUT2D eigenvalue weighted by atomic mass is 16.3. The average Bonchev–Trinajstić information content (AvgIpc) is 3.28. The Bertz CT molecular complexity index is 3440. The van der Waals surface area contributed by atoms with Crippen LogP contribution in [0.1, 0.15) is 0 Å². The summed E-state index contributed by atoms with van der Waals surface area (Å²) in [6.07, 6.45) is 0. The van der Waals surface area contributed by atoms with Gasteiger partial charge in [-0.2, -0.15) is 0 Å². The van der Waals surface area contributed by atoms with Crippen molar-refractivity contribution in [3.05, 3.63) is 158 Å². The van der Waals surface area contributed by atoms with E-state index in [-0.39, 0.29) is 74.6 Å². The number of phenols is 8. The molecule has 3 heterocycles. The zero-order chi connectivity index (χ0) is 45.8. The fourth-order valence-electron chi connectivity index (χ4n) is 9.68. The first kappa shape index (κ1) is 39.2. The number of fused-ring (bicyclic) bond motifs is 6. The highest BCUT2D eigenvalue weighted by Gasteiger charge is 2.44. The molecule has 0 radical (unpaired) electrons. The maximum absolute atomic E-state index is 11.1. The molecule has 14 heteroatoms. The van der Waals surface area contributed by atoms with Gasteiger partial charge in [0.2, 0.25) is 0 Å². The molecular formula is C53H34BN5O8.